The maximum Gasteiger partial charge on any atom is 0.321 e. The molecule has 0 radical (unpaired) electrons. The van der Waals surface area contributed by atoms with E-state index in [0.29, 0.717) is 17.4 Å². The highest BCUT2D eigenvalue weighted by atomic mass is 35.5. The van der Waals surface area contributed by atoms with Crippen LogP contribution in [0.25, 0.3) is 0 Å². The Morgan fingerprint density at radius 3 is 2.43 bits per heavy atom. The minimum Gasteiger partial charge on any atom is -0.506 e. The average Bonchev–Trinajstić information content (AvgIpc) is 2.53. The van der Waals surface area contributed by atoms with Crippen LogP contribution in [-0.4, -0.2) is 24.5 Å². The summed E-state index contributed by atoms with van der Waals surface area (Å²) >= 11 is 5.80. The van der Waals surface area contributed by atoms with E-state index in [-0.39, 0.29) is 18.2 Å². The van der Waals surface area contributed by atoms with E-state index in [4.69, 9.17) is 21.1 Å². The van der Waals surface area contributed by atoms with Crippen LogP contribution in [0.1, 0.15) is 6.92 Å². The molecule has 0 atom stereocenters. The highest BCUT2D eigenvalue weighted by Crippen LogP contribution is 2.26. The Labute approximate surface area is 139 Å². The molecule has 3 N–H and O–H groups in total. The van der Waals surface area contributed by atoms with Gasteiger partial charge in [-0.05, 0) is 49.4 Å². The second-order valence-electron chi connectivity index (χ2n) is 4.49. The van der Waals surface area contributed by atoms with Crippen molar-refractivity contribution < 1.29 is 19.4 Å². The lowest BCUT2D eigenvalue weighted by atomic mass is 10.3. The number of halogens is 1. The fourth-order valence-electron chi connectivity index (χ4n) is 1.76. The fraction of sp³-hybridized carbons (Fsp3) is 0.188. The predicted octanol–water partition coefficient (Wildman–Crippen LogP) is 3.60. The Balaban J connectivity index is 1.79. The van der Waals surface area contributed by atoms with Crippen LogP contribution in [0.2, 0.25) is 5.02 Å². The Bertz CT molecular complexity index is 662. The van der Waals surface area contributed by atoms with Crippen LogP contribution in [0, 0.1) is 0 Å². The summed E-state index contributed by atoms with van der Waals surface area (Å²) in [7, 11) is 0. The van der Waals surface area contributed by atoms with Gasteiger partial charge in [-0.1, -0.05) is 11.6 Å². The average molecular weight is 337 g/mol. The molecule has 0 heterocycles. The molecule has 0 fully saturated rings. The summed E-state index contributed by atoms with van der Waals surface area (Å²) in [5, 5.41) is 15.0. The largest absolute Gasteiger partial charge is 0.506 e. The number of amides is 2. The summed E-state index contributed by atoms with van der Waals surface area (Å²) in [5.41, 5.74) is 0.219. The third-order valence-electron chi connectivity index (χ3n) is 2.81. The van der Waals surface area contributed by atoms with E-state index >= 15 is 0 Å². The molecule has 0 aliphatic rings. The molecule has 2 aromatic carbocycles. The first-order chi connectivity index (χ1) is 11.1. The van der Waals surface area contributed by atoms with Crippen LogP contribution in [0.5, 0.6) is 17.2 Å². The Morgan fingerprint density at radius 2 is 1.78 bits per heavy atom. The van der Waals surface area contributed by atoms with Gasteiger partial charge in [0, 0.05) is 5.02 Å². The molecular weight excluding hydrogens is 320 g/mol. The van der Waals surface area contributed by atoms with Gasteiger partial charge in [-0.3, -0.25) is 0 Å². The Morgan fingerprint density at radius 1 is 1.13 bits per heavy atom. The first-order valence-corrected chi connectivity index (χ1v) is 7.35. The molecule has 7 heteroatoms. The van der Waals surface area contributed by atoms with Crippen LogP contribution in [0.3, 0.4) is 0 Å². The number of phenolic OH excluding ortho intramolecular Hbond substituents is 1. The van der Waals surface area contributed by atoms with Crippen LogP contribution in [0.4, 0.5) is 10.5 Å². The molecule has 122 valence electrons. The van der Waals surface area contributed by atoms with Gasteiger partial charge in [0.1, 0.15) is 17.2 Å². The van der Waals surface area contributed by atoms with Crippen molar-refractivity contribution in [3.05, 3.63) is 47.5 Å². The minimum absolute atomic E-state index is 0.0266. The number of phenols is 1. The first-order valence-electron chi connectivity index (χ1n) is 6.97. The molecular formula is C16H17ClN2O4. The summed E-state index contributed by atoms with van der Waals surface area (Å²) in [6, 6.07) is 10.9. The molecule has 6 nitrogen and oxygen atoms in total. The minimum atomic E-state index is -0.520. The fourth-order valence-corrected chi connectivity index (χ4v) is 1.93. The van der Waals surface area contributed by atoms with Gasteiger partial charge >= 0.3 is 6.03 Å². The molecule has 0 bridgehead atoms. The maximum absolute atomic E-state index is 11.7. The standard InChI is InChI=1S/C16H17ClN2O4/c1-2-22-12-4-6-13(7-5-12)23-10-18-16(21)19-14-9-11(17)3-8-15(14)20/h3-9,20H,2,10H2,1H3,(H2,18,19,21). The van der Waals surface area contributed by atoms with Crippen molar-refractivity contribution in [3.8, 4) is 17.2 Å². The van der Waals surface area contributed by atoms with E-state index < -0.39 is 6.03 Å². The molecule has 0 aliphatic carbocycles. The molecule has 0 spiro atoms. The number of benzene rings is 2. The van der Waals surface area contributed by atoms with Gasteiger partial charge in [-0.2, -0.15) is 0 Å². The van der Waals surface area contributed by atoms with Crippen molar-refractivity contribution >= 4 is 23.3 Å². The smallest absolute Gasteiger partial charge is 0.321 e. The normalized spacial score (nSPS) is 10.0. The van der Waals surface area contributed by atoms with E-state index in [2.05, 4.69) is 10.6 Å². The summed E-state index contributed by atoms with van der Waals surface area (Å²) < 4.78 is 10.7. The van der Waals surface area contributed by atoms with E-state index in [9.17, 15) is 9.90 Å². The number of rotatable bonds is 6. The molecule has 0 unspecified atom stereocenters. The van der Waals surface area contributed by atoms with Crippen molar-refractivity contribution in [3.63, 3.8) is 0 Å². The number of urea groups is 1. The van der Waals surface area contributed by atoms with Gasteiger partial charge in [-0.15, -0.1) is 0 Å². The zero-order valence-electron chi connectivity index (χ0n) is 12.5. The molecule has 0 aliphatic heterocycles. The SMILES string of the molecule is CCOc1ccc(OCNC(=O)Nc2cc(Cl)ccc2O)cc1. The van der Waals surface area contributed by atoms with Crippen LogP contribution < -0.4 is 20.1 Å². The Hall–Kier alpha value is -2.60. The monoisotopic (exact) mass is 336 g/mol. The summed E-state index contributed by atoms with van der Waals surface area (Å²) in [4.78, 5) is 11.7. The first kappa shape index (κ1) is 16.8. The van der Waals surface area contributed by atoms with Crippen LogP contribution >= 0.6 is 11.6 Å². The number of carbonyl (C=O) groups is 1. The highest BCUT2D eigenvalue weighted by Gasteiger charge is 2.06. The van der Waals surface area contributed by atoms with E-state index in [0.717, 1.165) is 5.75 Å². The van der Waals surface area contributed by atoms with Gasteiger partial charge in [0.05, 0.1) is 12.3 Å². The number of anilines is 1. The summed E-state index contributed by atoms with van der Waals surface area (Å²) in [5.74, 6) is 1.28. The molecule has 0 saturated heterocycles. The Kier molecular flexibility index (Phi) is 5.94. The van der Waals surface area contributed by atoms with E-state index in [1.165, 1.54) is 18.2 Å². The molecule has 2 amide bonds. The van der Waals surface area contributed by atoms with Crippen molar-refractivity contribution in [1.29, 1.82) is 0 Å². The summed E-state index contributed by atoms with van der Waals surface area (Å²) in [6.45, 7) is 2.48. The number of hydrogen-bond donors (Lipinski definition) is 3. The van der Waals surface area contributed by atoms with Crippen LogP contribution in [-0.2, 0) is 0 Å². The van der Waals surface area contributed by atoms with Gasteiger partial charge in [0.25, 0.3) is 0 Å². The summed E-state index contributed by atoms with van der Waals surface area (Å²) in [6.07, 6.45) is 0. The molecule has 2 rings (SSSR count). The van der Waals surface area contributed by atoms with Crippen LogP contribution in [0.15, 0.2) is 42.5 Å². The molecule has 23 heavy (non-hydrogen) atoms. The van der Waals surface area contributed by atoms with E-state index in [1.54, 1.807) is 24.3 Å². The lowest BCUT2D eigenvalue weighted by Crippen LogP contribution is -2.32. The van der Waals surface area contributed by atoms with Crippen molar-refractivity contribution in [1.82, 2.24) is 5.32 Å². The van der Waals surface area contributed by atoms with Gasteiger partial charge in [0.2, 0.25) is 0 Å². The van der Waals surface area contributed by atoms with Gasteiger partial charge < -0.3 is 25.2 Å². The topological polar surface area (TPSA) is 79.8 Å². The second kappa shape index (κ2) is 8.14. The third-order valence-corrected chi connectivity index (χ3v) is 3.05. The van der Waals surface area contributed by atoms with Gasteiger partial charge in [-0.25, -0.2) is 4.79 Å². The number of carbonyl (C=O) groups excluding carboxylic acids is 1. The van der Waals surface area contributed by atoms with Crippen molar-refractivity contribution in [2.45, 2.75) is 6.92 Å². The quantitative estimate of drug-likeness (QED) is 0.556. The number of nitrogens with one attached hydrogen (secondary N) is 2. The van der Waals surface area contributed by atoms with Crippen molar-refractivity contribution in [2.75, 3.05) is 18.7 Å². The number of ether oxygens (including phenoxy) is 2. The lowest BCUT2D eigenvalue weighted by molar-refractivity contribution is 0.234. The van der Waals surface area contributed by atoms with Crippen molar-refractivity contribution in [2.24, 2.45) is 0 Å². The van der Waals surface area contributed by atoms with Gasteiger partial charge in [0.15, 0.2) is 6.73 Å². The zero-order chi connectivity index (χ0) is 16.7. The zero-order valence-corrected chi connectivity index (χ0v) is 13.3. The lowest BCUT2D eigenvalue weighted by Gasteiger charge is -2.11. The number of hydrogen-bond acceptors (Lipinski definition) is 4. The van der Waals surface area contributed by atoms with E-state index in [1.807, 2.05) is 6.92 Å². The number of aromatic hydroxyl groups is 1. The maximum atomic E-state index is 11.7. The molecule has 2 aromatic rings. The predicted molar refractivity (Wildman–Crippen MR) is 88.4 cm³/mol. The molecule has 0 saturated carbocycles. The highest BCUT2D eigenvalue weighted by molar-refractivity contribution is 6.31. The second-order valence-corrected chi connectivity index (χ2v) is 4.92. The molecule has 0 aromatic heterocycles. The third kappa shape index (κ3) is 5.27.